The van der Waals surface area contributed by atoms with Gasteiger partial charge < -0.3 is 15.2 Å². The Morgan fingerprint density at radius 1 is 1.26 bits per heavy atom. The summed E-state index contributed by atoms with van der Waals surface area (Å²) in [5.41, 5.74) is 5.51. The highest BCUT2D eigenvalue weighted by Crippen LogP contribution is 2.29. The first-order valence-corrected chi connectivity index (χ1v) is 6.15. The number of nitrogen functional groups attached to an aromatic ring is 1. The molecule has 0 unspecified atom stereocenters. The predicted molar refractivity (Wildman–Crippen MR) is 69.6 cm³/mol. The van der Waals surface area contributed by atoms with Gasteiger partial charge in [0.05, 0.1) is 11.1 Å². The third-order valence-corrected chi connectivity index (χ3v) is 2.60. The summed E-state index contributed by atoms with van der Waals surface area (Å²) in [6.07, 6.45) is 0. The maximum absolute atomic E-state index is 12.9. The van der Waals surface area contributed by atoms with Crippen LogP contribution in [0.25, 0.3) is 0 Å². The highest BCUT2D eigenvalue weighted by Gasteiger charge is 2.10. The third kappa shape index (κ3) is 3.50. The van der Waals surface area contributed by atoms with E-state index in [2.05, 4.69) is 30.9 Å². The first-order valence-electron chi connectivity index (χ1n) is 5.35. The van der Waals surface area contributed by atoms with Gasteiger partial charge in [-0.1, -0.05) is 0 Å². The SMILES string of the molecule is CCOc1nc(N)nc(Oc2ccc(F)cc2Br)n1. The third-order valence-electron chi connectivity index (χ3n) is 1.98. The van der Waals surface area contributed by atoms with Crippen LogP contribution in [0.15, 0.2) is 22.7 Å². The second kappa shape index (κ2) is 5.79. The normalized spacial score (nSPS) is 10.3. The number of aromatic nitrogens is 3. The second-order valence-corrected chi connectivity index (χ2v) is 4.22. The molecule has 0 aliphatic rings. The van der Waals surface area contributed by atoms with Crippen molar-refractivity contribution >= 4 is 21.9 Å². The predicted octanol–water partition coefficient (Wildman–Crippen LogP) is 2.55. The molecule has 1 heterocycles. The summed E-state index contributed by atoms with van der Waals surface area (Å²) >= 11 is 3.17. The van der Waals surface area contributed by atoms with Gasteiger partial charge in [-0.15, -0.1) is 4.98 Å². The van der Waals surface area contributed by atoms with Crippen LogP contribution in [0.4, 0.5) is 10.3 Å². The van der Waals surface area contributed by atoms with E-state index < -0.39 is 0 Å². The Bertz CT molecular complexity index is 597. The van der Waals surface area contributed by atoms with Gasteiger partial charge in [-0.05, 0) is 41.1 Å². The fourth-order valence-electron chi connectivity index (χ4n) is 1.25. The molecule has 0 radical (unpaired) electrons. The average Bonchev–Trinajstić information content (AvgIpc) is 2.32. The number of hydrogen-bond donors (Lipinski definition) is 1. The van der Waals surface area contributed by atoms with Crippen LogP contribution in [-0.2, 0) is 0 Å². The van der Waals surface area contributed by atoms with Gasteiger partial charge in [0.1, 0.15) is 11.6 Å². The second-order valence-electron chi connectivity index (χ2n) is 3.37. The van der Waals surface area contributed by atoms with E-state index in [0.717, 1.165) is 0 Å². The Kier molecular flexibility index (Phi) is 4.10. The summed E-state index contributed by atoms with van der Waals surface area (Å²) in [7, 11) is 0. The van der Waals surface area contributed by atoms with Crippen molar-refractivity contribution in [1.29, 1.82) is 0 Å². The molecule has 0 spiro atoms. The Balaban J connectivity index is 2.27. The zero-order valence-corrected chi connectivity index (χ0v) is 11.5. The van der Waals surface area contributed by atoms with Gasteiger partial charge >= 0.3 is 12.0 Å². The molecule has 19 heavy (non-hydrogen) atoms. The van der Waals surface area contributed by atoms with Gasteiger partial charge in [-0.3, -0.25) is 0 Å². The minimum Gasteiger partial charge on any atom is -0.464 e. The van der Waals surface area contributed by atoms with E-state index in [0.29, 0.717) is 16.8 Å². The molecule has 1 aromatic heterocycles. The quantitative estimate of drug-likeness (QED) is 0.928. The van der Waals surface area contributed by atoms with E-state index in [1.54, 1.807) is 6.92 Å². The molecule has 6 nitrogen and oxygen atoms in total. The molecule has 0 bridgehead atoms. The number of nitrogens with two attached hydrogens (primary N) is 1. The summed E-state index contributed by atoms with van der Waals surface area (Å²) in [6.45, 7) is 2.18. The highest BCUT2D eigenvalue weighted by molar-refractivity contribution is 9.10. The molecular formula is C11H10BrFN4O2. The van der Waals surface area contributed by atoms with Crippen LogP contribution in [0.3, 0.4) is 0 Å². The van der Waals surface area contributed by atoms with Gasteiger partial charge in [0.15, 0.2) is 0 Å². The number of halogens is 2. The Hall–Kier alpha value is -1.96. The number of nitrogens with zero attached hydrogens (tertiary/aromatic N) is 3. The van der Waals surface area contributed by atoms with Crippen molar-refractivity contribution in [3.63, 3.8) is 0 Å². The first kappa shape index (κ1) is 13.5. The number of anilines is 1. The summed E-state index contributed by atoms with van der Waals surface area (Å²) in [5, 5.41) is 0. The molecule has 0 amide bonds. The van der Waals surface area contributed by atoms with E-state index >= 15 is 0 Å². The first-order chi connectivity index (χ1) is 9.08. The lowest BCUT2D eigenvalue weighted by Crippen LogP contribution is -2.05. The Morgan fingerprint density at radius 2 is 2.00 bits per heavy atom. The minimum atomic E-state index is -0.385. The van der Waals surface area contributed by atoms with Crippen molar-refractivity contribution in [1.82, 2.24) is 15.0 Å². The lowest BCUT2D eigenvalue weighted by Gasteiger charge is -2.07. The van der Waals surface area contributed by atoms with Crippen LogP contribution in [0, 0.1) is 5.82 Å². The summed E-state index contributed by atoms with van der Waals surface area (Å²) < 4.78 is 23.9. The minimum absolute atomic E-state index is 0.0216. The Labute approximate surface area is 116 Å². The Morgan fingerprint density at radius 3 is 2.68 bits per heavy atom. The molecule has 0 aliphatic heterocycles. The largest absolute Gasteiger partial charge is 0.464 e. The van der Waals surface area contributed by atoms with E-state index in [1.807, 2.05) is 0 Å². The lowest BCUT2D eigenvalue weighted by atomic mass is 10.3. The molecule has 100 valence electrons. The molecular weight excluding hydrogens is 319 g/mol. The van der Waals surface area contributed by atoms with Crippen molar-refractivity contribution < 1.29 is 13.9 Å². The fraction of sp³-hybridized carbons (Fsp3) is 0.182. The molecule has 0 saturated heterocycles. The summed E-state index contributed by atoms with van der Waals surface area (Å²) in [4.78, 5) is 11.5. The van der Waals surface area contributed by atoms with Gasteiger partial charge in [0.2, 0.25) is 5.95 Å². The molecule has 2 N–H and O–H groups in total. The van der Waals surface area contributed by atoms with Crippen molar-refractivity contribution in [3.8, 4) is 17.8 Å². The van der Waals surface area contributed by atoms with Gasteiger partial charge in [0.25, 0.3) is 0 Å². The van der Waals surface area contributed by atoms with Crippen LogP contribution in [0.1, 0.15) is 6.92 Å². The average molecular weight is 329 g/mol. The van der Waals surface area contributed by atoms with Gasteiger partial charge in [-0.25, -0.2) is 4.39 Å². The fourth-order valence-corrected chi connectivity index (χ4v) is 1.68. The number of benzene rings is 1. The molecule has 8 heteroatoms. The maximum Gasteiger partial charge on any atom is 0.330 e. The standard InChI is InChI=1S/C11H10BrFN4O2/c1-2-18-10-15-9(14)16-11(17-10)19-8-4-3-6(13)5-7(8)12/h3-5H,2H2,1H3,(H2,14,15,16,17). The molecule has 0 aliphatic carbocycles. The van der Waals surface area contributed by atoms with E-state index in [9.17, 15) is 4.39 Å². The van der Waals surface area contributed by atoms with Crippen LogP contribution < -0.4 is 15.2 Å². The lowest BCUT2D eigenvalue weighted by molar-refractivity contribution is 0.304. The topological polar surface area (TPSA) is 83.2 Å². The van der Waals surface area contributed by atoms with Crippen molar-refractivity contribution in [2.45, 2.75) is 6.92 Å². The zero-order chi connectivity index (χ0) is 13.8. The van der Waals surface area contributed by atoms with E-state index in [1.165, 1.54) is 18.2 Å². The molecule has 2 rings (SSSR count). The molecule has 2 aromatic rings. The van der Waals surface area contributed by atoms with Crippen molar-refractivity contribution in [3.05, 3.63) is 28.5 Å². The number of rotatable bonds is 4. The molecule has 1 aromatic carbocycles. The number of hydrogen-bond acceptors (Lipinski definition) is 6. The monoisotopic (exact) mass is 328 g/mol. The van der Waals surface area contributed by atoms with Crippen LogP contribution in [0.5, 0.6) is 17.8 Å². The summed E-state index contributed by atoms with van der Waals surface area (Å²) in [6, 6.07) is 4.02. The molecule has 0 saturated carbocycles. The van der Waals surface area contributed by atoms with E-state index in [-0.39, 0.29) is 23.8 Å². The summed E-state index contributed by atoms with van der Waals surface area (Å²) in [5.74, 6) is -0.0504. The maximum atomic E-state index is 12.9. The van der Waals surface area contributed by atoms with Crippen LogP contribution in [-0.4, -0.2) is 21.6 Å². The smallest absolute Gasteiger partial charge is 0.330 e. The number of ether oxygens (including phenoxy) is 2. The van der Waals surface area contributed by atoms with Gasteiger partial charge in [0, 0.05) is 0 Å². The molecule has 0 atom stereocenters. The zero-order valence-electron chi connectivity index (χ0n) is 9.93. The van der Waals surface area contributed by atoms with E-state index in [4.69, 9.17) is 15.2 Å². The highest BCUT2D eigenvalue weighted by atomic mass is 79.9. The van der Waals surface area contributed by atoms with Crippen molar-refractivity contribution in [2.24, 2.45) is 0 Å². The van der Waals surface area contributed by atoms with Crippen LogP contribution in [0.2, 0.25) is 0 Å². The van der Waals surface area contributed by atoms with Crippen molar-refractivity contribution in [2.75, 3.05) is 12.3 Å². The van der Waals surface area contributed by atoms with Gasteiger partial charge in [-0.2, -0.15) is 9.97 Å². The molecule has 0 fully saturated rings. The van der Waals surface area contributed by atoms with Crippen LogP contribution >= 0.6 is 15.9 Å².